The van der Waals surface area contributed by atoms with Crippen LogP contribution in [0.4, 0.5) is 5.69 Å². The normalized spacial score (nSPS) is 13.9. The van der Waals surface area contributed by atoms with Crippen LogP contribution < -0.4 is 21.8 Å². The van der Waals surface area contributed by atoms with Gasteiger partial charge in [0.25, 0.3) is 11.5 Å². The van der Waals surface area contributed by atoms with Gasteiger partial charge in [0.1, 0.15) is 16.8 Å². The molecule has 3 heterocycles. The standard InChI is InChI=1S/C26H24N4O5/c1-17-22(24(32)27(2)26(34)30(17)19-9-4-3-5-10-19)28-12-14-29(15-13-28)23(31)20-16-18-8-6-7-11-21(18)35-25(20)33/h3-11,16H,12-15H2,1-2H3. The van der Waals surface area contributed by atoms with Gasteiger partial charge in [0.2, 0.25) is 0 Å². The molecular weight excluding hydrogens is 448 g/mol. The lowest BCUT2D eigenvalue weighted by Crippen LogP contribution is -2.52. The van der Waals surface area contributed by atoms with Gasteiger partial charge in [0, 0.05) is 38.6 Å². The van der Waals surface area contributed by atoms with Gasteiger partial charge in [0.15, 0.2) is 0 Å². The van der Waals surface area contributed by atoms with E-state index in [4.69, 9.17) is 4.42 Å². The Morgan fingerprint density at radius 2 is 1.54 bits per heavy atom. The van der Waals surface area contributed by atoms with Crippen LogP contribution in [0, 0.1) is 6.92 Å². The lowest BCUT2D eigenvalue weighted by atomic mass is 10.1. The van der Waals surface area contributed by atoms with E-state index in [-0.39, 0.29) is 11.1 Å². The van der Waals surface area contributed by atoms with E-state index in [9.17, 15) is 19.2 Å². The number of para-hydroxylation sites is 2. The fraction of sp³-hybridized carbons (Fsp3) is 0.231. The van der Waals surface area contributed by atoms with E-state index in [0.29, 0.717) is 54.2 Å². The molecule has 9 nitrogen and oxygen atoms in total. The van der Waals surface area contributed by atoms with E-state index in [2.05, 4.69) is 0 Å². The van der Waals surface area contributed by atoms with Crippen LogP contribution in [0.1, 0.15) is 16.1 Å². The van der Waals surface area contributed by atoms with Crippen LogP contribution in [0.25, 0.3) is 16.7 Å². The van der Waals surface area contributed by atoms with Crippen molar-refractivity contribution >= 4 is 22.6 Å². The summed E-state index contributed by atoms with van der Waals surface area (Å²) in [6, 6.07) is 17.8. The average Bonchev–Trinajstić information content (AvgIpc) is 2.88. The first-order valence-corrected chi connectivity index (χ1v) is 11.3. The Morgan fingerprint density at radius 1 is 0.886 bits per heavy atom. The summed E-state index contributed by atoms with van der Waals surface area (Å²) < 4.78 is 7.94. The molecule has 35 heavy (non-hydrogen) atoms. The van der Waals surface area contributed by atoms with Gasteiger partial charge in [-0.05, 0) is 31.2 Å². The molecule has 0 spiro atoms. The minimum atomic E-state index is -0.671. The van der Waals surface area contributed by atoms with Gasteiger partial charge in [-0.2, -0.15) is 0 Å². The molecule has 0 atom stereocenters. The Bertz CT molecular complexity index is 1610. The average molecular weight is 473 g/mol. The largest absolute Gasteiger partial charge is 0.422 e. The van der Waals surface area contributed by atoms with Crippen molar-refractivity contribution in [3.8, 4) is 5.69 Å². The molecule has 0 unspecified atom stereocenters. The highest BCUT2D eigenvalue weighted by Crippen LogP contribution is 2.20. The zero-order valence-electron chi connectivity index (χ0n) is 19.4. The quantitative estimate of drug-likeness (QED) is 0.423. The second-order valence-electron chi connectivity index (χ2n) is 8.52. The number of rotatable bonds is 3. The molecule has 4 aromatic rings. The molecule has 0 radical (unpaired) electrons. The zero-order valence-corrected chi connectivity index (χ0v) is 19.4. The molecule has 1 aliphatic heterocycles. The molecule has 1 fully saturated rings. The monoisotopic (exact) mass is 472 g/mol. The molecule has 1 saturated heterocycles. The summed E-state index contributed by atoms with van der Waals surface area (Å²) in [7, 11) is 1.46. The SMILES string of the molecule is Cc1c(N2CCN(C(=O)c3cc4ccccc4oc3=O)CC2)c(=O)n(C)c(=O)n1-c1ccccc1. The van der Waals surface area contributed by atoms with Crippen molar-refractivity contribution < 1.29 is 9.21 Å². The second kappa shape index (κ2) is 8.75. The molecule has 0 N–H and O–H groups in total. The van der Waals surface area contributed by atoms with Crippen molar-refractivity contribution in [1.29, 1.82) is 0 Å². The summed E-state index contributed by atoms with van der Waals surface area (Å²) in [5.74, 6) is -0.400. The number of nitrogens with zero attached hydrogens (tertiary/aromatic N) is 4. The number of carbonyl (C=O) groups excluding carboxylic acids is 1. The number of carbonyl (C=O) groups is 1. The highest BCUT2D eigenvalue weighted by molar-refractivity contribution is 5.96. The Balaban J connectivity index is 1.43. The van der Waals surface area contributed by atoms with Gasteiger partial charge in [-0.15, -0.1) is 0 Å². The predicted octanol–water partition coefficient (Wildman–Crippen LogP) is 1.91. The van der Waals surface area contributed by atoms with Crippen molar-refractivity contribution in [2.45, 2.75) is 6.92 Å². The Kier molecular flexibility index (Phi) is 5.60. The van der Waals surface area contributed by atoms with E-state index in [1.54, 1.807) is 36.1 Å². The van der Waals surface area contributed by atoms with Crippen molar-refractivity contribution in [3.63, 3.8) is 0 Å². The number of piperazine rings is 1. The molecule has 0 bridgehead atoms. The zero-order chi connectivity index (χ0) is 24.7. The third-order valence-electron chi connectivity index (χ3n) is 6.43. The summed E-state index contributed by atoms with van der Waals surface area (Å²) >= 11 is 0. The predicted molar refractivity (Wildman–Crippen MR) is 133 cm³/mol. The van der Waals surface area contributed by atoms with Gasteiger partial charge < -0.3 is 14.2 Å². The van der Waals surface area contributed by atoms with Gasteiger partial charge >= 0.3 is 11.3 Å². The molecule has 2 aromatic carbocycles. The molecular formula is C26H24N4O5. The van der Waals surface area contributed by atoms with E-state index >= 15 is 0 Å². The van der Waals surface area contributed by atoms with E-state index < -0.39 is 17.2 Å². The molecule has 1 aliphatic rings. The topological polar surface area (TPSA) is 97.8 Å². The van der Waals surface area contributed by atoms with Crippen LogP contribution in [0.2, 0.25) is 0 Å². The van der Waals surface area contributed by atoms with Crippen LogP contribution in [0.3, 0.4) is 0 Å². The van der Waals surface area contributed by atoms with Gasteiger partial charge in [-0.25, -0.2) is 9.59 Å². The Labute approximate surface area is 200 Å². The summed E-state index contributed by atoms with van der Waals surface area (Å²) in [5, 5.41) is 0.677. The number of hydrogen-bond donors (Lipinski definition) is 0. The second-order valence-corrected chi connectivity index (χ2v) is 8.52. The van der Waals surface area contributed by atoms with Crippen LogP contribution in [-0.4, -0.2) is 46.1 Å². The Morgan fingerprint density at radius 3 is 2.26 bits per heavy atom. The van der Waals surface area contributed by atoms with Crippen molar-refractivity contribution in [1.82, 2.24) is 14.0 Å². The number of benzene rings is 2. The summed E-state index contributed by atoms with van der Waals surface area (Å²) in [6.07, 6.45) is 0. The Hall–Kier alpha value is -4.40. The first kappa shape index (κ1) is 22.4. The van der Waals surface area contributed by atoms with Gasteiger partial charge in [-0.1, -0.05) is 36.4 Å². The number of aromatic nitrogens is 2. The lowest BCUT2D eigenvalue weighted by molar-refractivity contribution is 0.0742. The van der Waals surface area contributed by atoms with E-state index in [0.717, 1.165) is 4.57 Å². The minimum Gasteiger partial charge on any atom is -0.422 e. The van der Waals surface area contributed by atoms with Crippen molar-refractivity contribution in [2.75, 3.05) is 31.1 Å². The first-order chi connectivity index (χ1) is 16.9. The summed E-state index contributed by atoms with van der Waals surface area (Å²) in [4.78, 5) is 55.0. The maximum absolute atomic E-state index is 13.1. The highest BCUT2D eigenvalue weighted by Gasteiger charge is 2.28. The van der Waals surface area contributed by atoms with Crippen LogP contribution >= 0.6 is 0 Å². The lowest BCUT2D eigenvalue weighted by Gasteiger charge is -2.36. The number of anilines is 1. The van der Waals surface area contributed by atoms with Gasteiger partial charge in [-0.3, -0.25) is 18.7 Å². The maximum atomic E-state index is 13.1. The number of fused-ring (bicyclic) bond motifs is 1. The molecule has 0 aliphatic carbocycles. The first-order valence-electron chi connectivity index (χ1n) is 11.3. The van der Waals surface area contributed by atoms with Crippen molar-refractivity contribution in [3.05, 3.63) is 103 Å². The smallest absolute Gasteiger partial charge is 0.349 e. The molecule has 2 aromatic heterocycles. The molecule has 178 valence electrons. The molecule has 5 rings (SSSR count). The van der Waals surface area contributed by atoms with E-state index in [1.807, 2.05) is 41.3 Å². The fourth-order valence-electron chi connectivity index (χ4n) is 4.56. The summed E-state index contributed by atoms with van der Waals surface area (Å²) in [6.45, 7) is 3.15. The van der Waals surface area contributed by atoms with Crippen LogP contribution in [0.5, 0.6) is 0 Å². The third-order valence-corrected chi connectivity index (χ3v) is 6.43. The molecule has 1 amide bonds. The van der Waals surface area contributed by atoms with Crippen LogP contribution in [0.15, 0.2) is 79.5 Å². The van der Waals surface area contributed by atoms with Crippen molar-refractivity contribution in [2.24, 2.45) is 7.05 Å². The maximum Gasteiger partial charge on any atom is 0.349 e. The minimum absolute atomic E-state index is 0.0122. The summed E-state index contributed by atoms with van der Waals surface area (Å²) in [5.41, 5.74) is 0.585. The highest BCUT2D eigenvalue weighted by atomic mass is 16.4. The molecule has 9 heteroatoms. The third kappa shape index (κ3) is 3.84. The van der Waals surface area contributed by atoms with Gasteiger partial charge in [0.05, 0.1) is 11.4 Å². The fourth-order valence-corrected chi connectivity index (χ4v) is 4.56. The number of hydrogen-bond acceptors (Lipinski definition) is 6. The number of amides is 1. The van der Waals surface area contributed by atoms with Crippen LogP contribution in [-0.2, 0) is 7.05 Å². The van der Waals surface area contributed by atoms with E-state index in [1.165, 1.54) is 11.6 Å². The molecule has 0 saturated carbocycles.